The highest BCUT2D eigenvalue weighted by molar-refractivity contribution is 4.78. The highest BCUT2D eigenvalue weighted by Crippen LogP contribution is 2.26. The maximum atomic E-state index is 5.46. The quantitative estimate of drug-likeness (QED) is 0.550. The van der Waals surface area contributed by atoms with Crippen LogP contribution in [0.5, 0.6) is 0 Å². The lowest BCUT2D eigenvalue weighted by Gasteiger charge is -2.31. The summed E-state index contributed by atoms with van der Waals surface area (Å²) in [5.74, 6) is 0.741. The maximum absolute atomic E-state index is 5.46. The molecule has 3 heteroatoms. The molecule has 0 saturated heterocycles. The van der Waals surface area contributed by atoms with Crippen LogP contribution in [-0.2, 0) is 14.2 Å². The predicted molar refractivity (Wildman–Crippen MR) is 70.7 cm³/mol. The van der Waals surface area contributed by atoms with Gasteiger partial charge in [-0.05, 0) is 26.2 Å². The van der Waals surface area contributed by atoms with E-state index < -0.39 is 0 Å². The number of ether oxygens (including phenoxy) is 3. The van der Waals surface area contributed by atoms with Crippen LogP contribution in [0.2, 0.25) is 0 Å². The second-order valence-corrected chi connectivity index (χ2v) is 4.91. The molecule has 0 bridgehead atoms. The summed E-state index contributed by atoms with van der Waals surface area (Å²) in [6.07, 6.45) is 3.87. The summed E-state index contributed by atoms with van der Waals surface area (Å²) in [4.78, 5) is 0. The number of hydrogen-bond acceptors (Lipinski definition) is 3. The molecule has 0 radical (unpaired) electrons. The first-order valence-electron chi connectivity index (χ1n) is 5.97. The largest absolute Gasteiger partial charge is 0.502 e. The fraction of sp³-hybridized carbons (Fsp3) is 0.714. The van der Waals surface area contributed by atoms with E-state index in [-0.39, 0.29) is 5.60 Å². The van der Waals surface area contributed by atoms with E-state index in [2.05, 4.69) is 33.9 Å². The fourth-order valence-corrected chi connectivity index (χ4v) is 1.69. The lowest BCUT2D eigenvalue weighted by Crippen LogP contribution is -2.32. The first kappa shape index (κ1) is 16.0. The topological polar surface area (TPSA) is 27.7 Å². The Morgan fingerprint density at radius 2 is 1.65 bits per heavy atom. The van der Waals surface area contributed by atoms with E-state index in [0.717, 1.165) is 6.42 Å². The van der Waals surface area contributed by atoms with Crippen LogP contribution in [0.3, 0.4) is 0 Å². The summed E-state index contributed by atoms with van der Waals surface area (Å²) in [5, 5.41) is 0. The molecule has 0 aliphatic heterocycles. The average molecular weight is 242 g/mol. The molecule has 0 aliphatic carbocycles. The highest BCUT2D eigenvalue weighted by Gasteiger charge is 2.27. The van der Waals surface area contributed by atoms with Gasteiger partial charge in [-0.25, -0.2) is 0 Å². The number of methoxy groups -OCH3 is 1. The van der Waals surface area contributed by atoms with Crippen LogP contribution < -0.4 is 0 Å². The standard InChI is InChI=1S/C14H26O3/c1-7-16-10-12(3)13(11-17-8-2)9-14(4,5)15-6/h7-8,12-13H,1-2,9-11H2,3-6H3. The van der Waals surface area contributed by atoms with Gasteiger partial charge in [-0.1, -0.05) is 20.1 Å². The van der Waals surface area contributed by atoms with Crippen molar-refractivity contribution in [3.8, 4) is 0 Å². The third kappa shape index (κ3) is 7.05. The molecule has 2 atom stereocenters. The van der Waals surface area contributed by atoms with Gasteiger partial charge in [0, 0.05) is 13.0 Å². The van der Waals surface area contributed by atoms with Crippen LogP contribution in [0.1, 0.15) is 27.2 Å². The van der Waals surface area contributed by atoms with E-state index in [9.17, 15) is 0 Å². The van der Waals surface area contributed by atoms with Crippen molar-refractivity contribution >= 4 is 0 Å². The van der Waals surface area contributed by atoms with Crippen molar-refractivity contribution in [3.63, 3.8) is 0 Å². The molecule has 0 aliphatic rings. The van der Waals surface area contributed by atoms with Gasteiger partial charge in [-0.3, -0.25) is 0 Å². The Hall–Kier alpha value is -0.960. The molecular weight excluding hydrogens is 216 g/mol. The summed E-state index contributed by atoms with van der Waals surface area (Å²) in [5.41, 5.74) is -0.155. The minimum atomic E-state index is -0.155. The highest BCUT2D eigenvalue weighted by atomic mass is 16.5. The van der Waals surface area contributed by atoms with E-state index in [0.29, 0.717) is 25.0 Å². The monoisotopic (exact) mass is 242 g/mol. The number of rotatable bonds is 10. The summed E-state index contributed by atoms with van der Waals surface area (Å²) < 4.78 is 16.0. The Balaban J connectivity index is 4.39. The SMILES string of the molecule is C=COCC(C)C(COC=C)CC(C)(C)OC. The summed E-state index contributed by atoms with van der Waals surface area (Å²) in [6.45, 7) is 14.7. The molecule has 0 aromatic rings. The molecule has 0 heterocycles. The number of hydrogen-bond donors (Lipinski definition) is 0. The van der Waals surface area contributed by atoms with Crippen molar-refractivity contribution in [2.75, 3.05) is 20.3 Å². The Kier molecular flexibility index (Phi) is 7.72. The first-order chi connectivity index (χ1) is 7.96. The lowest BCUT2D eigenvalue weighted by atomic mass is 9.85. The molecule has 0 rings (SSSR count). The average Bonchev–Trinajstić information content (AvgIpc) is 2.31. The zero-order valence-corrected chi connectivity index (χ0v) is 11.6. The van der Waals surface area contributed by atoms with E-state index in [1.165, 1.54) is 12.5 Å². The van der Waals surface area contributed by atoms with Gasteiger partial charge in [0.2, 0.25) is 0 Å². The normalized spacial score (nSPS) is 14.8. The Morgan fingerprint density at radius 1 is 1.12 bits per heavy atom. The van der Waals surface area contributed by atoms with Crippen LogP contribution in [0.15, 0.2) is 25.7 Å². The van der Waals surface area contributed by atoms with Crippen LogP contribution in [0.25, 0.3) is 0 Å². The molecule has 0 fully saturated rings. The van der Waals surface area contributed by atoms with Gasteiger partial charge in [0.25, 0.3) is 0 Å². The summed E-state index contributed by atoms with van der Waals surface area (Å²) in [6, 6.07) is 0. The van der Waals surface area contributed by atoms with E-state index in [1.54, 1.807) is 7.11 Å². The molecule has 0 spiro atoms. The zero-order chi connectivity index (χ0) is 13.3. The van der Waals surface area contributed by atoms with Gasteiger partial charge in [-0.15, -0.1) is 0 Å². The molecule has 0 N–H and O–H groups in total. The molecule has 2 unspecified atom stereocenters. The van der Waals surface area contributed by atoms with Crippen LogP contribution in [0.4, 0.5) is 0 Å². The van der Waals surface area contributed by atoms with E-state index >= 15 is 0 Å². The Labute approximate surface area is 105 Å². The molecule has 0 saturated carbocycles. The molecule has 0 aromatic carbocycles. The van der Waals surface area contributed by atoms with Crippen molar-refractivity contribution in [3.05, 3.63) is 25.7 Å². The third-order valence-corrected chi connectivity index (χ3v) is 3.02. The predicted octanol–water partition coefficient (Wildman–Crippen LogP) is 3.37. The maximum Gasteiger partial charge on any atom is 0.0906 e. The van der Waals surface area contributed by atoms with Gasteiger partial charge in [0.15, 0.2) is 0 Å². The second kappa shape index (κ2) is 8.18. The second-order valence-electron chi connectivity index (χ2n) is 4.91. The molecule has 100 valence electrons. The smallest absolute Gasteiger partial charge is 0.0906 e. The van der Waals surface area contributed by atoms with Crippen LogP contribution >= 0.6 is 0 Å². The van der Waals surface area contributed by atoms with Gasteiger partial charge < -0.3 is 14.2 Å². The van der Waals surface area contributed by atoms with Gasteiger partial charge in [0.05, 0.1) is 31.3 Å². The van der Waals surface area contributed by atoms with E-state index in [4.69, 9.17) is 14.2 Å². The lowest BCUT2D eigenvalue weighted by molar-refractivity contribution is -0.0204. The van der Waals surface area contributed by atoms with Crippen molar-refractivity contribution < 1.29 is 14.2 Å². The third-order valence-electron chi connectivity index (χ3n) is 3.02. The van der Waals surface area contributed by atoms with Crippen LogP contribution in [0, 0.1) is 11.8 Å². The Morgan fingerprint density at radius 3 is 2.12 bits per heavy atom. The van der Waals surface area contributed by atoms with Crippen LogP contribution in [-0.4, -0.2) is 25.9 Å². The molecular formula is C14H26O3. The minimum absolute atomic E-state index is 0.155. The molecule has 3 nitrogen and oxygen atoms in total. The van der Waals surface area contributed by atoms with Gasteiger partial charge in [-0.2, -0.15) is 0 Å². The fourth-order valence-electron chi connectivity index (χ4n) is 1.69. The van der Waals surface area contributed by atoms with Crippen molar-refractivity contribution in [1.29, 1.82) is 0 Å². The summed E-state index contributed by atoms with van der Waals surface area (Å²) >= 11 is 0. The summed E-state index contributed by atoms with van der Waals surface area (Å²) in [7, 11) is 1.73. The molecule has 0 amide bonds. The molecule has 17 heavy (non-hydrogen) atoms. The van der Waals surface area contributed by atoms with Gasteiger partial charge in [0.1, 0.15) is 0 Å². The van der Waals surface area contributed by atoms with Gasteiger partial charge >= 0.3 is 0 Å². The van der Waals surface area contributed by atoms with Crippen molar-refractivity contribution in [1.82, 2.24) is 0 Å². The van der Waals surface area contributed by atoms with Crippen molar-refractivity contribution in [2.24, 2.45) is 11.8 Å². The zero-order valence-electron chi connectivity index (χ0n) is 11.6. The Bertz CT molecular complexity index is 224. The minimum Gasteiger partial charge on any atom is -0.502 e. The molecule has 0 aromatic heterocycles. The first-order valence-corrected chi connectivity index (χ1v) is 5.97. The van der Waals surface area contributed by atoms with E-state index in [1.807, 2.05) is 0 Å². The van der Waals surface area contributed by atoms with Crippen molar-refractivity contribution in [2.45, 2.75) is 32.8 Å².